The lowest BCUT2D eigenvalue weighted by molar-refractivity contribution is -0.118. The molecule has 2 N–H and O–H groups in total. The van der Waals surface area contributed by atoms with Gasteiger partial charge in [0.1, 0.15) is 0 Å². The number of likely N-dealkylation sites (tertiary alicyclic amines) is 1. The van der Waals surface area contributed by atoms with E-state index in [1.165, 1.54) is 5.56 Å². The Bertz CT molecular complexity index is 511. The van der Waals surface area contributed by atoms with Gasteiger partial charge >= 0.3 is 0 Å². The molecule has 0 unspecified atom stereocenters. The van der Waals surface area contributed by atoms with Crippen LogP contribution >= 0.6 is 0 Å². The highest BCUT2D eigenvalue weighted by molar-refractivity contribution is 5.93. The lowest BCUT2D eigenvalue weighted by Crippen LogP contribution is -2.41. The van der Waals surface area contributed by atoms with Gasteiger partial charge in [0, 0.05) is 32.0 Å². The molecule has 2 rings (SSSR count). The maximum Gasteiger partial charge on any atom is 0.238 e. The number of para-hydroxylation sites is 1. The fourth-order valence-electron chi connectivity index (χ4n) is 3.06. The predicted octanol–water partition coefficient (Wildman–Crippen LogP) is 2.61. The van der Waals surface area contributed by atoms with Crippen LogP contribution in [0.1, 0.15) is 44.6 Å². The average molecular weight is 334 g/mol. The summed E-state index contributed by atoms with van der Waals surface area (Å²) in [5.74, 6) is 0.427. The second kappa shape index (κ2) is 9.77. The predicted molar refractivity (Wildman–Crippen MR) is 96.3 cm³/mol. The van der Waals surface area contributed by atoms with E-state index in [0.717, 1.165) is 31.6 Å². The Kier molecular flexibility index (Phi) is 7.69. The molecule has 0 bridgehead atoms. The van der Waals surface area contributed by atoms with Crippen LogP contribution in [0.5, 0.6) is 0 Å². The molecule has 0 saturated carbocycles. The van der Waals surface area contributed by atoms with Crippen molar-refractivity contribution in [2.45, 2.75) is 45.1 Å². The molecule has 0 aliphatic carbocycles. The molecule has 1 aromatic carbocycles. The van der Waals surface area contributed by atoms with E-state index in [4.69, 9.17) is 9.84 Å². The van der Waals surface area contributed by atoms with E-state index >= 15 is 0 Å². The van der Waals surface area contributed by atoms with E-state index < -0.39 is 0 Å². The highest BCUT2D eigenvalue weighted by Gasteiger charge is 2.21. The number of aliphatic hydroxyl groups excluding tert-OH is 1. The molecule has 0 aromatic heterocycles. The minimum atomic E-state index is 0.0442. The Labute approximate surface area is 145 Å². The van der Waals surface area contributed by atoms with E-state index in [1.54, 1.807) is 0 Å². The number of aliphatic hydroxyl groups is 1. The zero-order chi connectivity index (χ0) is 17.4. The van der Waals surface area contributed by atoms with Crippen LogP contribution < -0.4 is 5.32 Å². The Hall–Kier alpha value is -1.43. The molecule has 134 valence electrons. The summed E-state index contributed by atoms with van der Waals surface area (Å²) >= 11 is 0. The Balaban J connectivity index is 1.76. The van der Waals surface area contributed by atoms with Gasteiger partial charge in [0.05, 0.1) is 12.6 Å². The zero-order valence-electron chi connectivity index (χ0n) is 14.8. The molecule has 0 radical (unpaired) electrons. The summed E-state index contributed by atoms with van der Waals surface area (Å²) in [6.45, 7) is 7.24. The lowest BCUT2D eigenvalue weighted by Gasteiger charge is -2.31. The number of carbonyl (C=O) groups excluding carboxylic acids is 1. The van der Waals surface area contributed by atoms with Crippen LogP contribution in [-0.4, -0.2) is 54.9 Å². The van der Waals surface area contributed by atoms with E-state index in [2.05, 4.69) is 30.1 Å². The minimum Gasteiger partial charge on any atom is -0.396 e. The van der Waals surface area contributed by atoms with Crippen molar-refractivity contribution < 1.29 is 14.6 Å². The highest BCUT2D eigenvalue weighted by atomic mass is 16.5. The van der Waals surface area contributed by atoms with Crippen LogP contribution in [-0.2, 0) is 9.53 Å². The minimum absolute atomic E-state index is 0.0442. The first-order chi connectivity index (χ1) is 11.6. The molecule has 1 amide bonds. The standard InChI is InChI=1S/C19H30N2O3/c1-15(2)17-6-3-4-7-18(17)20-19(23)14-21-10-8-16(9-11-21)24-13-5-12-22/h3-4,6-7,15-16,22H,5,8-14H2,1-2H3,(H,20,23). The van der Waals surface area contributed by atoms with Crippen molar-refractivity contribution in [2.24, 2.45) is 0 Å². The highest BCUT2D eigenvalue weighted by Crippen LogP contribution is 2.23. The fraction of sp³-hybridized carbons (Fsp3) is 0.632. The first kappa shape index (κ1) is 18.9. The number of carbonyl (C=O) groups is 1. The quantitative estimate of drug-likeness (QED) is 0.718. The number of nitrogens with zero attached hydrogens (tertiary/aromatic N) is 1. The molecule has 5 heteroatoms. The van der Waals surface area contributed by atoms with Gasteiger partial charge in [-0.3, -0.25) is 9.69 Å². The molecule has 1 aliphatic heterocycles. The van der Waals surface area contributed by atoms with Crippen molar-refractivity contribution in [3.05, 3.63) is 29.8 Å². The number of piperidine rings is 1. The molecule has 0 atom stereocenters. The van der Waals surface area contributed by atoms with Gasteiger partial charge in [0.25, 0.3) is 0 Å². The number of rotatable bonds is 8. The number of nitrogens with one attached hydrogen (secondary N) is 1. The Morgan fingerprint density at radius 2 is 2.04 bits per heavy atom. The van der Waals surface area contributed by atoms with Gasteiger partial charge in [0.2, 0.25) is 5.91 Å². The van der Waals surface area contributed by atoms with Crippen LogP contribution in [0.3, 0.4) is 0 Å². The number of hydrogen-bond donors (Lipinski definition) is 2. The van der Waals surface area contributed by atoms with Crippen LogP contribution in [0, 0.1) is 0 Å². The van der Waals surface area contributed by atoms with Gasteiger partial charge in [-0.2, -0.15) is 0 Å². The molecular formula is C19H30N2O3. The monoisotopic (exact) mass is 334 g/mol. The summed E-state index contributed by atoms with van der Waals surface area (Å²) in [5.41, 5.74) is 2.08. The summed E-state index contributed by atoms with van der Waals surface area (Å²) in [4.78, 5) is 14.5. The van der Waals surface area contributed by atoms with Crippen molar-refractivity contribution in [2.75, 3.05) is 38.2 Å². The van der Waals surface area contributed by atoms with Crippen molar-refractivity contribution >= 4 is 11.6 Å². The molecule has 1 fully saturated rings. The SMILES string of the molecule is CC(C)c1ccccc1NC(=O)CN1CCC(OCCCO)CC1. The van der Waals surface area contributed by atoms with Gasteiger partial charge in [-0.05, 0) is 36.8 Å². The van der Waals surface area contributed by atoms with Gasteiger partial charge in [-0.25, -0.2) is 0 Å². The fourth-order valence-corrected chi connectivity index (χ4v) is 3.06. The molecule has 1 heterocycles. The summed E-state index contributed by atoms with van der Waals surface area (Å²) in [7, 11) is 0. The Morgan fingerprint density at radius 3 is 2.71 bits per heavy atom. The van der Waals surface area contributed by atoms with Gasteiger partial charge in [-0.1, -0.05) is 32.0 Å². The van der Waals surface area contributed by atoms with Crippen LogP contribution in [0.15, 0.2) is 24.3 Å². The third-order valence-electron chi connectivity index (χ3n) is 4.41. The molecular weight excluding hydrogens is 304 g/mol. The molecule has 1 saturated heterocycles. The normalized spacial score (nSPS) is 16.5. The molecule has 0 spiro atoms. The number of amides is 1. The van der Waals surface area contributed by atoms with Gasteiger partial charge < -0.3 is 15.2 Å². The molecule has 1 aromatic rings. The first-order valence-corrected chi connectivity index (χ1v) is 8.93. The smallest absolute Gasteiger partial charge is 0.238 e. The summed E-state index contributed by atoms with van der Waals surface area (Å²) < 4.78 is 5.73. The molecule has 24 heavy (non-hydrogen) atoms. The van der Waals surface area contributed by atoms with Crippen molar-refractivity contribution in [1.82, 2.24) is 4.90 Å². The van der Waals surface area contributed by atoms with Gasteiger partial charge in [0.15, 0.2) is 0 Å². The third-order valence-corrected chi connectivity index (χ3v) is 4.41. The van der Waals surface area contributed by atoms with E-state index in [-0.39, 0.29) is 18.6 Å². The summed E-state index contributed by atoms with van der Waals surface area (Å²) in [6.07, 6.45) is 2.85. The maximum atomic E-state index is 12.3. The summed E-state index contributed by atoms with van der Waals surface area (Å²) in [5, 5.41) is 11.8. The van der Waals surface area contributed by atoms with Crippen LogP contribution in [0.4, 0.5) is 5.69 Å². The first-order valence-electron chi connectivity index (χ1n) is 8.93. The number of ether oxygens (including phenoxy) is 1. The zero-order valence-corrected chi connectivity index (χ0v) is 14.8. The van der Waals surface area contributed by atoms with Gasteiger partial charge in [-0.15, -0.1) is 0 Å². The lowest BCUT2D eigenvalue weighted by atomic mass is 10.0. The van der Waals surface area contributed by atoms with Crippen LogP contribution in [0.25, 0.3) is 0 Å². The van der Waals surface area contributed by atoms with Crippen molar-refractivity contribution in [3.8, 4) is 0 Å². The van der Waals surface area contributed by atoms with Crippen molar-refractivity contribution in [1.29, 1.82) is 0 Å². The maximum absolute atomic E-state index is 12.3. The average Bonchev–Trinajstić information content (AvgIpc) is 2.57. The second-order valence-electron chi connectivity index (χ2n) is 6.71. The van der Waals surface area contributed by atoms with E-state index in [0.29, 0.717) is 25.5 Å². The van der Waals surface area contributed by atoms with Crippen molar-refractivity contribution in [3.63, 3.8) is 0 Å². The number of hydrogen-bond acceptors (Lipinski definition) is 4. The van der Waals surface area contributed by atoms with Crippen LogP contribution in [0.2, 0.25) is 0 Å². The molecule has 1 aliphatic rings. The number of benzene rings is 1. The van der Waals surface area contributed by atoms with E-state index in [1.807, 2.05) is 18.2 Å². The Morgan fingerprint density at radius 1 is 1.33 bits per heavy atom. The topological polar surface area (TPSA) is 61.8 Å². The number of anilines is 1. The third kappa shape index (κ3) is 5.89. The van der Waals surface area contributed by atoms with E-state index in [9.17, 15) is 4.79 Å². The largest absolute Gasteiger partial charge is 0.396 e. The molecule has 5 nitrogen and oxygen atoms in total. The second-order valence-corrected chi connectivity index (χ2v) is 6.71. The summed E-state index contributed by atoms with van der Waals surface area (Å²) in [6, 6.07) is 7.99.